The number of nitrogens with two attached hydrogens (primary N) is 2. The second kappa shape index (κ2) is 6.90. The Labute approximate surface area is 123 Å². The molecule has 2 aliphatic rings. The Morgan fingerprint density at radius 3 is 2.40 bits per heavy atom. The van der Waals surface area contributed by atoms with Crippen LogP contribution >= 0.6 is 0 Å². The van der Waals surface area contributed by atoms with Crippen molar-refractivity contribution in [1.82, 2.24) is 4.90 Å². The van der Waals surface area contributed by atoms with Crippen LogP contribution in [0.15, 0.2) is 0 Å². The zero-order valence-electron chi connectivity index (χ0n) is 12.9. The Balaban J connectivity index is 1.83. The molecule has 2 fully saturated rings. The maximum Gasteiger partial charge on any atom is 0.237 e. The van der Waals surface area contributed by atoms with Crippen molar-refractivity contribution >= 4 is 5.91 Å². The molecule has 0 aromatic rings. The molecule has 0 aromatic carbocycles. The summed E-state index contributed by atoms with van der Waals surface area (Å²) in [6.07, 6.45) is 12.0. The van der Waals surface area contributed by atoms with Gasteiger partial charge in [-0.05, 0) is 51.6 Å². The van der Waals surface area contributed by atoms with Crippen LogP contribution in [0.2, 0.25) is 0 Å². The number of hydrogen-bond donors (Lipinski definition) is 2. The molecule has 4 nitrogen and oxygen atoms in total. The molecule has 0 saturated heterocycles. The summed E-state index contributed by atoms with van der Waals surface area (Å²) in [5.74, 6) is -0.0367. The highest BCUT2D eigenvalue weighted by molar-refractivity contribution is 5.85. The molecule has 0 bridgehead atoms. The van der Waals surface area contributed by atoms with Crippen molar-refractivity contribution in [3.05, 3.63) is 0 Å². The highest BCUT2D eigenvalue weighted by Gasteiger charge is 2.44. The molecule has 4 N–H and O–H groups in total. The fourth-order valence-corrected chi connectivity index (χ4v) is 4.07. The van der Waals surface area contributed by atoms with Gasteiger partial charge >= 0.3 is 0 Å². The van der Waals surface area contributed by atoms with Gasteiger partial charge in [-0.3, -0.25) is 4.79 Å². The topological polar surface area (TPSA) is 72.3 Å². The molecule has 0 aromatic heterocycles. The molecule has 0 radical (unpaired) electrons. The minimum Gasteiger partial charge on any atom is -0.368 e. The van der Waals surface area contributed by atoms with E-state index in [2.05, 4.69) is 11.9 Å². The number of carbonyl (C=O) groups is 1. The zero-order chi connectivity index (χ0) is 14.6. The minimum atomic E-state index is -0.746. The van der Waals surface area contributed by atoms with Crippen molar-refractivity contribution in [3.8, 4) is 0 Å². The smallest absolute Gasteiger partial charge is 0.237 e. The number of rotatable bonds is 5. The minimum absolute atomic E-state index is 0.272. The number of nitrogens with zero attached hydrogens (tertiary/aromatic N) is 1. The van der Waals surface area contributed by atoms with Gasteiger partial charge in [-0.1, -0.05) is 32.1 Å². The largest absolute Gasteiger partial charge is 0.368 e. The van der Waals surface area contributed by atoms with Crippen molar-refractivity contribution in [2.75, 3.05) is 13.6 Å². The summed E-state index contributed by atoms with van der Waals surface area (Å²) < 4.78 is 0. The van der Waals surface area contributed by atoms with Crippen LogP contribution in [-0.4, -0.2) is 36.0 Å². The van der Waals surface area contributed by atoms with Gasteiger partial charge in [0.2, 0.25) is 5.91 Å². The third-order valence-electron chi connectivity index (χ3n) is 5.61. The van der Waals surface area contributed by atoms with Crippen LogP contribution in [0.25, 0.3) is 0 Å². The molecule has 4 heteroatoms. The first kappa shape index (κ1) is 15.8. The Bertz CT molecular complexity index is 326. The van der Waals surface area contributed by atoms with Gasteiger partial charge in [-0.15, -0.1) is 0 Å². The van der Waals surface area contributed by atoms with Gasteiger partial charge in [0.05, 0.1) is 5.54 Å². The van der Waals surface area contributed by atoms with Crippen LogP contribution in [0.3, 0.4) is 0 Å². The van der Waals surface area contributed by atoms with Crippen molar-refractivity contribution in [2.24, 2.45) is 17.4 Å². The van der Waals surface area contributed by atoms with Gasteiger partial charge in [0.1, 0.15) is 0 Å². The molecule has 2 saturated carbocycles. The lowest BCUT2D eigenvalue weighted by Crippen LogP contribution is -2.55. The molecule has 2 atom stereocenters. The van der Waals surface area contributed by atoms with Crippen molar-refractivity contribution in [2.45, 2.75) is 75.8 Å². The summed E-state index contributed by atoms with van der Waals surface area (Å²) in [4.78, 5) is 14.1. The first-order valence-electron chi connectivity index (χ1n) is 8.33. The molecule has 0 aliphatic heterocycles. The van der Waals surface area contributed by atoms with E-state index in [-0.39, 0.29) is 11.8 Å². The summed E-state index contributed by atoms with van der Waals surface area (Å²) in [5, 5.41) is 0. The van der Waals surface area contributed by atoms with Crippen molar-refractivity contribution < 1.29 is 4.79 Å². The Morgan fingerprint density at radius 1 is 1.15 bits per heavy atom. The van der Waals surface area contributed by atoms with Crippen LogP contribution in [0, 0.1) is 5.92 Å². The maximum atomic E-state index is 11.6. The summed E-state index contributed by atoms with van der Waals surface area (Å²) in [6.45, 7) is 1.04. The van der Waals surface area contributed by atoms with E-state index in [1.165, 1.54) is 38.5 Å². The first-order valence-corrected chi connectivity index (χ1v) is 8.33. The maximum absolute atomic E-state index is 11.6. The van der Waals surface area contributed by atoms with Crippen LogP contribution in [-0.2, 0) is 4.79 Å². The number of carbonyl (C=O) groups excluding carboxylic acids is 1. The second-order valence-corrected chi connectivity index (χ2v) is 6.91. The molecule has 0 heterocycles. The lowest BCUT2D eigenvalue weighted by Gasteiger charge is -2.32. The van der Waals surface area contributed by atoms with Crippen molar-refractivity contribution in [1.29, 1.82) is 0 Å². The third-order valence-corrected chi connectivity index (χ3v) is 5.61. The third kappa shape index (κ3) is 3.53. The van der Waals surface area contributed by atoms with E-state index in [4.69, 9.17) is 11.5 Å². The number of hydrogen-bond acceptors (Lipinski definition) is 3. The van der Waals surface area contributed by atoms with Crippen LogP contribution in [0.4, 0.5) is 0 Å². The molecule has 0 spiro atoms. The Morgan fingerprint density at radius 2 is 1.80 bits per heavy atom. The average Bonchev–Trinajstić information content (AvgIpc) is 2.65. The summed E-state index contributed by atoms with van der Waals surface area (Å²) in [6, 6.07) is 0.722. The summed E-state index contributed by atoms with van der Waals surface area (Å²) in [5.41, 5.74) is 11.0. The Kier molecular flexibility index (Phi) is 5.44. The molecular formula is C16H31N3O. The SMILES string of the molecule is CN(CCC1CCCC1(N)C(N)=O)C1CCCCCC1. The average molecular weight is 281 g/mol. The fourth-order valence-electron chi connectivity index (χ4n) is 4.07. The normalized spacial score (nSPS) is 32.5. The lowest BCUT2D eigenvalue weighted by molar-refractivity contribution is -0.124. The van der Waals surface area contributed by atoms with Gasteiger partial charge < -0.3 is 16.4 Å². The van der Waals surface area contributed by atoms with Gasteiger partial charge in [0, 0.05) is 6.04 Å². The predicted molar refractivity (Wildman–Crippen MR) is 82.2 cm³/mol. The molecule has 2 aliphatic carbocycles. The molecular weight excluding hydrogens is 250 g/mol. The second-order valence-electron chi connectivity index (χ2n) is 6.91. The van der Waals surface area contributed by atoms with E-state index in [1.54, 1.807) is 0 Å². The van der Waals surface area contributed by atoms with E-state index >= 15 is 0 Å². The van der Waals surface area contributed by atoms with Crippen LogP contribution < -0.4 is 11.5 Å². The predicted octanol–water partition coefficient (Wildman–Crippen LogP) is 2.01. The molecule has 1 amide bonds. The zero-order valence-corrected chi connectivity index (χ0v) is 12.9. The van der Waals surface area contributed by atoms with E-state index in [9.17, 15) is 4.79 Å². The van der Waals surface area contributed by atoms with E-state index in [1.807, 2.05) is 0 Å². The molecule has 2 rings (SSSR count). The number of amides is 1. The summed E-state index contributed by atoms with van der Waals surface area (Å²) >= 11 is 0. The molecule has 20 heavy (non-hydrogen) atoms. The lowest BCUT2D eigenvalue weighted by atomic mass is 9.85. The highest BCUT2D eigenvalue weighted by atomic mass is 16.1. The van der Waals surface area contributed by atoms with E-state index in [0.29, 0.717) is 0 Å². The number of primary amides is 1. The molecule has 116 valence electrons. The quantitative estimate of drug-likeness (QED) is 0.757. The van der Waals surface area contributed by atoms with Gasteiger partial charge in [0.15, 0.2) is 0 Å². The Hall–Kier alpha value is -0.610. The fraction of sp³-hybridized carbons (Fsp3) is 0.938. The van der Waals surface area contributed by atoms with E-state index < -0.39 is 5.54 Å². The standard InChI is InChI=1S/C16H31N3O/c1-19(14-8-4-2-3-5-9-14)12-10-13-7-6-11-16(13,18)15(17)20/h13-14H,2-12,18H2,1H3,(H2,17,20). The first-order chi connectivity index (χ1) is 9.54. The van der Waals surface area contributed by atoms with Gasteiger partial charge in [0.25, 0.3) is 0 Å². The molecule has 2 unspecified atom stereocenters. The van der Waals surface area contributed by atoms with Crippen LogP contribution in [0.1, 0.15) is 64.2 Å². The van der Waals surface area contributed by atoms with Crippen LogP contribution in [0.5, 0.6) is 0 Å². The van der Waals surface area contributed by atoms with Gasteiger partial charge in [-0.25, -0.2) is 0 Å². The van der Waals surface area contributed by atoms with Crippen molar-refractivity contribution in [3.63, 3.8) is 0 Å². The highest BCUT2D eigenvalue weighted by Crippen LogP contribution is 2.36. The van der Waals surface area contributed by atoms with Gasteiger partial charge in [-0.2, -0.15) is 0 Å². The summed E-state index contributed by atoms with van der Waals surface area (Å²) in [7, 11) is 2.23. The van der Waals surface area contributed by atoms with E-state index in [0.717, 1.165) is 38.3 Å². The monoisotopic (exact) mass is 281 g/mol.